The number of nitrogens with one attached hydrogen (secondary N) is 4. The standard InChI is InChI=1S/C37H52F2N6O8.C5H10/c1-36(2,3)53-35(52)43-29(23-15-11-8-12-16-23)34(51)45-21-24-17-37(38,39)18-25(24)30(45)32(49)40-19-26(46)31(48)41-20-27(47)42-28(33(50)44(4)5)22-13-9-6-7-10-14-22;1-5-3-2-4-5/h6-7,9-10,13-14,22-25,28-30H,8,11-12,15-21H2,1-5H3,(H,40,49)(H,41,48)(H,42,47)(H,43,52);5H,2-4H2,1H3/t24-,25-,28?,29?,30?;/m0./s1. The summed E-state index contributed by atoms with van der Waals surface area (Å²) < 4.78 is 34.6. The number of ketones is 1. The third-order valence-electron chi connectivity index (χ3n) is 11.4. The van der Waals surface area contributed by atoms with Crippen LogP contribution in [0.15, 0.2) is 36.5 Å². The van der Waals surface area contributed by atoms with Gasteiger partial charge >= 0.3 is 6.09 Å². The van der Waals surface area contributed by atoms with E-state index in [2.05, 4.69) is 28.2 Å². The van der Waals surface area contributed by atoms with E-state index in [1.165, 1.54) is 43.2 Å². The third kappa shape index (κ3) is 13.2. The topological polar surface area (TPSA) is 183 Å². The molecule has 5 atom stereocenters. The van der Waals surface area contributed by atoms with Gasteiger partial charge in [-0.3, -0.25) is 28.8 Å². The fraction of sp³-hybridized carbons (Fsp3) is 0.690. The minimum absolute atomic E-state index is 0.139. The summed E-state index contributed by atoms with van der Waals surface area (Å²) in [4.78, 5) is 94.3. The largest absolute Gasteiger partial charge is 0.444 e. The first-order valence-corrected chi connectivity index (χ1v) is 20.5. The van der Waals surface area contributed by atoms with Gasteiger partial charge in [0.25, 0.3) is 5.91 Å². The minimum Gasteiger partial charge on any atom is -0.444 e. The van der Waals surface area contributed by atoms with Crippen molar-refractivity contribution in [2.24, 2.45) is 29.6 Å². The molecule has 0 radical (unpaired) electrons. The van der Waals surface area contributed by atoms with E-state index in [0.717, 1.165) is 25.2 Å². The average molecular weight is 817 g/mol. The highest BCUT2D eigenvalue weighted by molar-refractivity contribution is 6.37. The van der Waals surface area contributed by atoms with Crippen LogP contribution in [0.3, 0.4) is 0 Å². The molecule has 16 heteroatoms. The molecule has 0 aromatic rings. The normalized spacial score (nSPS) is 23.8. The van der Waals surface area contributed by atoms with Gasteiger partial charge in [0.15, 0.2) is 0 Å². The molecule has 1 aliphatic heterocycles. The summed E-state index contributed by atoms with van der Waals surface area (Å²) in [6, 6.07) is -3.42. The molecule has 1 heterocycles. The maximum Gasteiger partial charge on any atom is 0.408 e. The van der Waals surface area contributed by atoms with Gasteiger partial charge in [0.2, 0.25) is 35.3 Å². The van der Waals surface area contributed by atoms with E-state index < -0.39 is 115 Å². The van der Waals surface area contributed by atoms with Crippen molar-refractivity contribution in [1.82, 2.24) is 31.1 Å². The molecular formula is C42H62F2N6O8. The van der Waals surface area contributed by atoms with Gasteiger partial charge in [0.05, 0.1) is 13.1 Å². The zero-order chi connectivity index (χ0) is 42.8. The van der Waals surface area contributed by atoms with Crippen molar-refractivity contribution in [2.45, 2.75) is 122 Å². The highest BCUT2D eigenvalue weighted by Crippen LogP contribution is 2.50. The van der Waals surface area contributed by atoms with Gasteiger partial charge in [-0.15, -0.1) is 0 Å². The van der Waals surface area contributed by atoms with Crippen molar-refractivity contribution in [3.8, 4) is 0 Å². The van der Waals surface area contributed by atoms with Crippen LogP contribution in [0.4, 0.5) is 13.6 Å². The van der Waals surface area contributed by atoms with Crippen LogP contribution < -0.4 is 21.3 Å². The summed E-state index contributed by atoms with van der Waals surface area (Å²) >= 11 is 0. The Morgan fingerprint density at radius 3 is 2.00 bits per heavy atom. The Hall–Kier alpha value is -4.63. The first-order valence-electron chi connectivity index (χ1n) is 20.5. The maximum absolute atomic E-state index is 14.6. The molecule has 0 aromatic heterocycles. The van der Waals surface area contributed by atoms with Crippen LogP contribution >= 0.6 is 0 Å². The lowest BCUT2D eigenvalue weighted by Crippen LogP contribution is -2.58. The molecule has 3 saturated carbocycles. The second-order valence-corrected chi connectivity index (χ2v) is 17.5. The summed E-state index contributed by atoms with van der Waals surface area (Å²) in [6.45, 7) is 5.74. The summed E-state index contributed by atoms with van der Waals surface area (Å²) in [5.74, 6) is -9.26. The molecule has 4 fully saturated rings. The van der Waals surface area contributed by atoms with Crippen LogP contribution in [-0.2, 0) is 33.5 Å². The number of nitrogens with zero attached hydrogens (tertiary/aromatic N) is 2. The van der Waals surface area contributed by atoms with E-state index >= 15 is 0 Å². The number of amides is 6. The number of halogens is 2. The van der Waals surface area contributed by atoms with E-state index in [-0.39, 0.29) is 12.5 Å². The highest BCUT2D eigenvalue weighted by Gasteiger charge is 2.58. The third-order valence-corrected chi connectivity index (χ3v) is 11.4. The van der Waals surface area contributed by atoms with Crippen LogP contribution in [-0.4, -0.2) is 115 Å². The molecule has 322 valence electrons. The number of hydrogen-bond donors (Lipinski definition) is 4. The molecule has 4 N–H and O–H groups in total. The average Bonchev–Trinajstić information content (AvgIpc) is 3.48. The Balaban J connectivity index is 0.00000138. The minimum atomic E-state index is -3.05. The number of rotatable bonds is 12. The molecule has 5 rings (SSSR count). The molecule has 5 aliphatic rings. The van der Waals surface area contributed by atoms with Crippen molar-refractivity contribution in [2.75, 3.05) is 33.7 Å². The number of Topliss-reactive ketones (excluding diaryl/α,β-unsaturated/α-hetero) is 1. The van der Waals surface area contributed by atoms with Gasteiger partial charge < -0.3 is 35.8 Å². The first-order chi connectivity index (χ1) is 27.3. The van der Waals surface area contributed by atoms with E-state index in [4.69, 9.17) is 4.74 Å². The zero-order valence-corrected chi connectivity index (χ0v) is 34.7. The van der Waals surface area contributed by atoms with Crippen molar-refractivity contribution >= 4 is 41.4 Å². The smallest absolute Gasteiger partial charge is 0.408 e. The number of fused-ring (bicyclic) bond motifs is 1. The van der Waals surface area contributed by atoms with Crippen LogP contribution in [0.1, 0.15) is 91.9 Å². The Labute approximate surface area is 340 Å². The van der Waals surface area contributed by atoms with Crippen molar-refractivity contribution in [3.05, 3.63) is 36.5 Å². The lowest BCUT2D eigenvalue weighted by Gasteiger charge is -2.36. The Bertz CT molecular complexity index is 1600. The number of allylic oxidation sites excluding steroid dienone is 4. The highest BCUT2D eigenvalue weighted by atomic mass is 19.3. The number of alkyl carbamates (subject to hydrolysis) is 1. The fourth-order valence-corrected chi connectivity index (χ4v) is 8.17. The fourth-order valence-electron chi connectivity index (χ4n) is 8.17. The molecular weight excluding hydrogens is 754 g/mol. The molecule has 3 unspecified atom stereocenters. The number of likely N-dealkylation sites (N-methyl/N-ethyl adjacent to an activating group) is 1. The Morgan fingerprint density at radius 1 is 0.828 bits per heavy atom. The van der Waals surface area contributed by atoms with Crippen LogP contribution in [0.5, 0.6) is 0 Å². The lowest BCUT2D eigenvalue weighted by atomic mass is 9.83. The van der Waals surface area contributed by atoms with E-state index in [9.17, 15) is 42.3 Å². The molecule has 58 heavy (non-hydrogen) atoms. The zero-order valence-electron chi connectivity index (χ0n) is 34.7. The summed E-state index contributed by atoms with van der Waals surface area (Å²) in [5, 5.41) is 9.81. The molecule has 4 aliphatic carbocycles. The van der Waals surface area contributed by atoms with Crippen LogP contribution in [0, 0.1) is 29.6 Å². The molecule has 14 nitrogen and oxygen atoms in total. The quantitative estimate of drug-likeness (QED) is 0.215. The van der Waals surface area contributed by atoms with Crippen LogP contribution in [0.25, 0.3) is 0 Å². The monoisotopic (exact) mass is 816 g/mol. The summed E-state index contributed by atoms with van der Waals surface area (Å²) in [5.41, 5.74) is -0.847. The van der Waals surface area contributed by atoms with E-state index in [1.807, 2.05) is 0 Å². The van der Waals surface area contributed by atoms with Crippen molar-refractivity contribution in [1.29, 1.82) is 0 Å². The van der Waals surface area contributed by atoms with Crippen molar-refractivity contribution in [3.63, 3.8) is 0 Å². The maximum atomic E-state index is 14.6. The molecule has 0 bridgehead atoms. The Morgan fingerprint density at radius 2 is 1.45 bits per heavy atom. The van der Waals surface area contributed by atoms with Gasteiger partial charge in [0, 0.05) is 39.4 Å². The number of carbonyl (C=O) groups is 7. The number of carbonyl (C=O) groups excluding carboxylic acids is 7. The van der Waals surface area contributed by atoms with E-state index in [0.29, 0.717) is 12.8 Å². The summed E-state index contributed by atoms with van der Waals surface area (Å²) in [7, 11) is 3.07. The predicted octanol–water partition coefficient (Wildman–Crippen LogP) is 3.81. The van der Waals surface area contributed by atoms with E-state index in [1.54, 1.807) is 57.2 Å². The van der Waals surface area contributed by atoms with Gasteiger partial charge in [-0.2, -0.15) is 0 Å². The molecule has 0 spiro atoms. The van der Waals surface area contributed by atoms with Crippen molar-refractivity contribution < 1.29 is 47.1 Å². The van der Waals surface area contributed by atoms with Gasteiger partial charge in [-0.25, -0.2) is 13.6 Å². The van der Waals surface area contributed by atoms with Gasteiger partial charge in [-0.1, -0.05) is 81.9 Å². The lowest BCUT2D eigenvalue weighted by molar-refractivity contribution is -0.144. The molecule has 0 aromatic carbocycles. The van der Waals surface area contributed by atoms with Gasteiger partial charge in [-0.05, 0) is 57.3 Å². The molecule has 6 amide bonds. The SMILES string of the molecule is CC1CCC1.CN(C)C(=O)C(NC(=O)CNC(=O)C(=O)CNC(=O)C1[C@H]2CC(F)(F)C[C@H]2CN1C(=O)C(NC(=O)OC(C)(C)C)C1CCCCC1)C1C=CC=CC=C1. The Kier molecular flexibility index (Phi) is 16.2. The number of ether oxygens (including phenoxy) is 1. The second-order valence-electron chi connectivity index (χ2n) is 17.5. The second kappa shape index (κ2) is 20.4. The number of likely N-dealkylation sites (tertiary alicyclic amines) is 1. The summed E-state index contributed by atoms with van der Waals surface area (Å²) in [6.07, 6.45) is 16.9. The van der Waals surface area contributed by atoms with Crippen LogP contribution in [0.2, 0.25) is 0 Å². The number of alkyl halides is 2. The predicted molar refractivity (Wildman–Crippen MR) is 212 cm³/mol. The molecule has 1 saturated heterocycles. The van der Waals surface area contributed by atoms with Gasteiger partial charge in [0.1, 0.15) is 23.7 Å². The number of hydrogen-bond acceptors (Lipinski definition) is 8. The first kappa shape index (κ1) is 46.1.